The second-order valence-corrected chi connectivity index (χ2v) is 6.36. The van der Waals surface area contributed by atoms with Gasteiger partial charge in [-0.2, -0.15) is 0 Å². The first-order valence-electron chi connectivity index (χ1n) is 7.83. The maximum Gasteiger partial charge on any atom is 0.254 e. The summed E-state index contributed by atoms with van der Waals surface area (Å²) >= 11 is 0. The summed E-state index contributed by atoms with van der Waals surface area (Å²) in [5.41, 5.74) is 7.35. The van der Waals surface area contributed by atoms with Gasteiger partial charge in [0.05, 0.1) is 14.2 Å². The van der Waals surface area contributed by atoms with Crippen LogP contribution in [0.15, 0.2) is 24.8 Å². The summed E-state index contributed by atoms with van der Waals surface area (Å²) in [6.07, 6.45) is 3.33. The molecule has 1 aliphatic rings. The number of halogens is 1. The lowest BCUT2D eigenvalue weighted by Crippen LogP contribution is -2.34. The molecule has 2 N–H and O–H groups in total. The summed E-state index contributed by atoms with van der Waals surface area (Å²) in [4.78, 5) is 14.7. The average molecular weight is 355 g/mol. The van der Waals surface area contributed by atoms with Crippen molar-refractivity contribution in [1.29, 1.82) is 0 Å². The third-order valence-electron chi connectivity index (χ3n) is 4.50. The monoisotopic (exact) mass is 354 g/mol. The Morgan fingerprint density at radius 1 is 1.42 bits per heavy atom. The zero-order chi connectivity index (χ0) is 17.0. The number of likely N-dealkylation sites (tertiary alicyclic amines) is 1. The van der Waals surface area contributed by atoms with E-state index < -0.39 is 0 Å². The highest BCUT2D eigenvalue weighted by atomic mass is 35.5. The lowest BCUT2D eigenvalue weighted by Gasteiger charge is -2.23. The van der Waals surface area contributed by atoms with Gasteiger partial charge in [0.1, 0.15) is 0 Å². The number of benzene rings is 1. The number of nitrogens with zero attached hydrogens (tertiary/aromatic N) is 1. The summed E-state index contributed by atoms with van der Waals surface area (Å²) in [6.45, 7) is 7.90. The maximum absolute atomic E-state index is 12.8. The number of hydrogen-bond donors (Lipinski definition) is 1. The number of hydrogen-bond acceptors (Lipinski definition) is 4. The molecule has 1 aromatic carbocycles. The number of carbonyl (C=O) groups excluding carboxylic acids is 1. The predicted molar refractivity (Wildman–Crippen MR) is 98.4 cm³/mol. The highest BCUT2D eigenvalue weighted by molar-refractivity contribution is 5.95. The standard InChI is InChI=1S/C18H26N2O3.ClH/c1-5-6-13-9-14(10-15(22-3)16(13)23-4)17(21)20-8-7-18(2,11-19)12-20;/h5,9-10H,1,6-8,11-12,19H2,2-4H3;1H. The molecule has 1 atom stereocenters. The number of nitrogens with two attached hydrogens (primary N) is 1. The molecule has 1 heterocycles. The van der Waals surface area contributed by atoms with Gasteiger partial charge in [-0.1, -0.05) is 13.0 Å². The number of rotatable bonds is 6. The third-order valence-corrected chi connectivity index (χ3v) is 4.50. The van der Waals surface area contributed by atoms with Gasteiger partial charge in [-0.3, -0.25) is 4.79 Å². The maximum atomic E-state index is 12.8. The van der Waals surface area contributed by atoms with Gasteiger partial charge in [0.15, 0.2) is 11.5 Å². The van der Waals surface area contributed by atoms with Crippen LogP contribution < -0.4 is 15.2 Å². The van der Waals surface area contributed by atoms with E-state index in [1.165, 1.54) is 0 Å². The van der Waals surface area contributed by atoms with E-state index in [1.54, 1.807) is 26.4 Å². The fourth-order valence-electron chi connectivity index (χ4n) is 3.02. The number of methoxy groups -OCH3 is 2. The van der Waals surface area contributed by atoms with E-state index in [2.05, 4.69) is 13.5 Å². The normalized spacial score (nSPS) is 19.6. The topological polar surface area (TPSA) is 64.8 Å². The number of ether oxygens (including phenoxy) is 2. The Labute approximate surface area is 150 Å². The molecule has 0 saturated carbocycles. The van der Waals surface area contributed by atoms with Gasteiger partial charge in [-0.05, 0) is 36.9 Å². The van der Waals surface area contributed by atoms with Gasteiger partial charge >= 0.3 is 0 Å². The largest absolute Gasteiger partial charge is 0.493 e. The van der Waals surface area contributed by atoms with Gasteiger partial charge in [0.25, 0.3) is 5.91 Å². The van der Waals surface area contributed by atoms with Gasteiger partial charge in [-0.15, -0.1) is 19.0 Å². The van der Waals surface area contributed by atoms with Crippen LogP contribution in [0.2, 0.25) is 0 Å². The Balaban J connectivity index is 0.00000288. The van der Waals surface area contributed by atoms with Crippen molar-refractivity contribution >= 4 is 18.3 Å². The molecule has 0 bridgehead atoms. The fraction of sp³-hybridized carbons (Fsp3) is 0.500. The summed E-state index contributed by atoms with van der Waals surface area (Å²) in [5.74, 6) is 1.22. The molecule has 0 spiro atoms. The van der Waals surface area contributed by atoms with E-state index >= 15 is 0 Å². The van der Waals surface area contributed by atoms with E-state index in [0.29, 0.717) is 36.6 Å². The molecule has 1 saturated heterocycles. The van der Waals surface area contributed by atoms with E-state index in [9.17, 15) is 4.79 Å². The molecular weight excluding hydrogens is 328 g/mol. The summed E-state index contributed by atoms with van der Waals surface area (Å²) < 4.78 is 10.8. The Morgan fingerprint density at radius 2 is 2.12 bits per heavy atom. The quantitative estimate of drug-likeness (QED) is 0.798. The van der Waals surface area contributed by atoms with Crippen molar-refractivity contribution in [2.45, 2.75) is 19.8 Å². The molecule has 2 rings (SSSR count). The molecule has 1 unspecified atom stereocenters. The van der Waals surface area contributed by atoms with Gasteiger partial charge < -0.3 is 20.1 Å². The minimum absolute atomic E-state index is 0. The zero-order valence-corrected chi connectivity index (χ0v) is 15.4. The van der Waals surface area contributed by atoms with Gasteiger partial charge in [0, 0.05) is 24.2 Å². The van der Waals surface area contributed by atoms with Crippen molar-refractivity contribution in [1.82, 2.24) is 4.90 Å². The van der Waals surface area contributed by atoms with Crippen molar-refractivity contribution in [2.75, 3.05) is 33.9 Å². The Kier molecular flexibility index (Phi) is 7.11. The molecule has 1 amide bonds. The molecular formula is C18H27ClN2O3. The summed E-state index contributed by atoms with van der Waals surface area (Å²) in [5, 5.41) is 0. The lowest BCUT2D eigenvalue weighted by molar-refractivity contribution is 0.0776. The van der Waals surface area contributed by atoms with E-state index in [4.69, 9.17) is 15.2 Å². The van der Waals surface area contributed by atoms with Crippen molar-refractivity contribution in [2.24, 2.45) is 11.1 Å². The van der Waals surface area contributed by atoms with Gasteiger partial charge in [-0.25, -0.2) is 0 Å². The highest BCUT2D eigenvalue weighted by Gasteiger charge is 2.35. The second-order valence-electron chi connectivity index (χ2n) is 6.36. The van der Waals surface area contributed by atoms with Crippen LogP contribution in [0.3, 0.4) is 0 Å². The van der Waals surface area contributed by atoms with Crippen molar-refractivity contribution in [3.63, 3.8) is 0 Å². The lowest BCUT2D eigenvalue weighted by atomic mass is 9.90. The molecule has 0 aliphatic carbocycles. The first kappa shape index (κ1) is 20.3. The molecule has 0 aromatic heterocycles. The molecule has 134 valence electrons. The Hall–Kier alpha value is -1.72. The Bertz CT molecular complexity index is 606. The highest BCUT2D eigenvalue weighted by Crippen LogP contribution is 2.35. The minimum atomic E-state index is 0. The zero-order valence-electron chi connectivity index (χ0n) is 14.6. The predicted octanol–water partition coefficient (Wildman–Crippen LogP) is 2.67. The SMILES string of the molecule is C=CCc1cc(C(=O)N2CCC(C)(CN)C2)cc(OC)c1OC.Cl. The van der Waals surface area contributed by atoms with E-state index in [0.717, 1.165) is 18.5 Å². The number of amides is 1. The van der Waals surface area contributed by atoms with Crippen LogP contribution >= 0.6 is 12.4 Å². The van der Waals surface area contributed by atoms with Crippen LogP contribution in [0.25, 0.3) is 0 Å². The molecule has 6 heteroatoms. The molecule has 1 fully saturated rings. The summed E-state index contributed by atoms with van der Waals surface area (Å²) in [7, 11) is 3.17. The summed E-state index contributed by atoms with van der Waals surface area (Å²) in [6, 6.07) is 3.61. The van der Waals surface area contributed by atoms with Crippen molar-refractivity contribution < 1.29 is 14.3 Å². The first-order valence-corrected chi connectivity index (χ1v) is 7.83. The third kappa shape index (κ3) is 4.02. The van der Waals surface area contributed by atoms with Crippen LogP contribution in [-0.4, -0.2) is 44.7 Å². The Morgan fingerprint density at radius 3 is 2.62 bits per heavy atom. The second kappa shape index (κ2) is 8.40. The van der Waals surface area contributed by atoms with Crippen LogP contribution in [0.4, 0.5) is 0 Å². The number of carbonyl (C=O) groups is 1. The van der Waals surface area contributed by atoms with Crippen LogP contribution in [0, 0.1) is 5.41 Å². The molecule has 1 aromatic rings. The minimum Gasteiger partial charge on any atom is -0.493 e. The molecule has 1 aliphatic heterocycles. The van der Waals surface area contributed by atoms with Gasteiger partial charge in [0.2, 0.25) is 0 Å². The molecule has 5 nitrogen and oxygen atoms in total. The van der Waals surface area contributed by atoms with Crippen molar-refractivity contribution in [3.05, 3.63) is 35.9 Å². The van der Waals surface area contributed by atoms with Crippen LogP contribution in [0.5, 0.6) is 11.5 Å². The average Bonchev–Trinajstić information content (AvgIpc) is 2.96. The van der Waals surface area contributed by atoms with Crippen molar-refractivity contribution in [3.8, 4) is 11.5 Å². The first-order chi connectivity index (χ1) is 11.0. The molecule has 24 heavy (non-hydrogen) atoms. The molecule has 0 radical (unpaired) electrons. The van der Waals surface area contributed by atoms with Crippen LogP contribution in [-0.2, 0) is 6.42 Å². The fourth-order valence-corrected chi connectivity index (χ4v) is 3.02. The number of allylic oxidation sites excluding steroid dienone is 1. The van der Waals surface area contributed by atoms with E-state index in [1.807, 2.05) is 11.0 Å². The van der Waals surface area contributed by atoms with E-state index in [-0.39, 0.29) is 23.7 Å². The smallest absolute Gasteiger partial charge is 0.254 e. The van der Waals surface area contributed by atoms with Crippen LogP contribution in [0.1, 0.15) is 29.3 Å².